The summed E-state index contributed by atoms with van der Waals surface area (Å²) in [6, 6.07) is 0. The summed E-state index contributed by atoms with van der Waals surface area (Å²) in [6.07, 6.45) is -3.50. The Morgan fingerprint density at radius 3 is 2.23 bits per heavy atom. The van der Waals surface area contributed by atoms with Gasteiger partial charge in [-0.2, -0.15) is 8.78 Å². The van der Waals surface area contributed by atoms with Crippen LogP contribution in [0, 0.1) is 0 Å². The lowest BCUT2D eigenvalue weighted by molar-refractivity contribution is -0.179. The fourth-order valence-electron chi connectivity index (χ4n) is 0.785. The van der Waals surface area contributed by atoms with E-state index in [1.807, 2.05) is 0 Å². The van der Waals surface area contributed by atoms with Gasteiger partial charge in [0.15, 0.2) is 0 Å². The molecule has 0 radical (unpaired) electrons. The molecule has 0 atom stereocenters. The quantitative estimate of drug-likeness (QED) is 0.634. The molecule has 0 aromatic rings. The maximum Gasteiger partial charge on any atom is 0.383 e. The lowest BCUT2D eigenvalue weighted by Crippen LogP contribution is -2.46. The fourth-order valence-corrected chi connectivity index (χ4v) is 0.785. The molecule has 6 heteroatoms. The van der Waals surface area contributed by atoms with Crippen LogP contribution in [0.25, 0.3) is 0 Å². The van der Waals surface area contributed by atoms with Crippen molar-refractivity contribution in [2.75, 3.05) is 13.6 Å². The van der Waals surface area contributed by atoms with Crippen molar-refractivity contribution in [3.8, 4) is 0 Å². The second-order valence-corrected chi connectivity index (χ2v) is 2.65. The largest absolute Gasteiger partial charge is 0.383 e. The van der Waals surface area contributed by atoms with Crippen LogP contribution in [0.4, 0.5) is 17.6 Å². The van der Waals surface area contributed by atoms with Crippen molar-refractivity contribution >= 4 is 5.91 Å². The van der Waals surface area contributed by atoms with Gasteiger partial charge in [0.2, 0.25) is 0 Å². The maximum atomic E-state index is 12.4. The molecule has 0 heterocycles. The first-order valence-electron chi connectivity index (χ1n) is 3.75. The SMILES string of the molecule is CCCN(C)C(=O)C(F)(F)C(F)F. The van der Waals surface area contributed by atoms with Crippen LogP contribution in [0.15, 0.2) is 0 Å². The van der Waals surface area contributed by atoms with E-state index in [-0.39, 0.29) is 6.54 Å². The molecule has 1 amide bonds. The molecule has 78 valence electrons. The van der Waals surface area contributed by atoms with Gasteiger partial charge >= 0.3 is 12.3 Å². The van der Waals surface area contributed by atoms with E-state index in [9.17, 15) is 22.4 Å². The van der Waals surface area contributed by atoms with Crippen molar-refractivity contribution in [2.24, 2.45) is 0 Å². The number of carbonyl (C=O) groups is 1. The molecule has 0 rings (SSSR count). The van der Waals surface area contributed by atoms with Crippen molar-refractivity contribution in [3.63, 3.8) is 0 Å². The van der Waals surface area contributed by atoms with Crippen LogP contribution in [0.5, 0.6) is 0 Å². The Morgan fingerprint density at radius 2 is 1.92 bits per heavy atom. The molecule has 0 fully saturated rings. The highest BCUT2D eigenvalue weighted by Gasteiger charge is 2.50. The molecule has 2 nitrogen and oxygen atoms in total. The average Bonchev–Trinajstić information content (AvgIpc) is 2.03. The molecule has 0 aliphatic carbocycles. The van der Waals surface area contributed by atoms with Crippen molar-refractivity contribution in [1.29, 1.82) is 0 Å². The zero-order chi connectivity index (χ0) is 10.6. The molecule has 0 N–H and O–H groups in total. The van der Waals surface area contributed by atoms with Gasteiger partial charge < -0.3 is 4.90 Å². The number of nitrogens with zero attached hydrogens (tertiary/aromatic N) is 1. The third-order valence-electron chi connectivity index (χ3n) is 1.46. The Balaban J connectivity index is 4.40. The zero-order valence-corrected chi connectivity index (χ0v) is 7.36. The summed E-state index contributed by atoms with van der Waals surface area (Å²) in [5.74, 6) is -6.39. The van der Waals surface area contributed by atoms with Gasteiger partial charge in [-0.3, -0.25) is 4.79 Å². The first-order chi connectivity index (χ1) is 5.84. The van der Waals surface area contributed by atoms with Gasteiger partial charge in [-0.1, -0.05) is 6.92 Å². The van der Waals surface area contributed by atoms with Gasteiger partial charge in [0.1, 0.15) is 0 Å². The number of halogens is 4. The Morgan fingerprint density at radius 1 is 1.46 bits per heavy atom. The summed E-state index contributed by atoms with van der Waals surface area (Å²) in [7, 11) is 1.07. The van der Waals surface area contributed by atoms with Gasteiger partial charge in [-0.15, -0.1) is 0 Å². The molecule has 13 heavy (non-hydrogen) atoms. The number of hydrogen-bond acceptors (Lipinski definition) is 1. The summed E-state index contributed by atoms with van der Waals surface area (Å²) >= 11 is 0. The molecule has 0 aliphatic rings. The summed E-state index contributed by atoms with van der Waals surface area (Å²) < 4.78 is 48.1. The molecule has 0 aromatic carbocycles. The van der Waals surface area contributed by atoms with Crippen LogP contribution in [0.3, 0.4) is 0 Å². The summed E-state index contributed by atoms with van der Waals surface area (Å²) in [6.45, 7) is 1.70. The van der Waals surface area contributed by atoms with E-state index in [2.05, 4.69) is 0 Å². The molecular formula is C7H11F4NO. The zero-order valence-electron chi connectivity index (χ0n) is 7.36. The Labute approximate surface area is 73.5 Å². The van der Waals surface area contributed by atoms with Crippen LogP contribution in [-0.4, -0.2) is 36.7 Å². The predicted molar refractivity (Wildman–Crippen MR) is 38.9 cm³/mol. The topological polar surface area (TPSA) is 20.3 Å². The lowest BCUT2D eigenvalue weighted by Gasteiger charge is -2.21. The van der Waals surface area contributed by atoms with Crippen LogP contribution in [0.1, 0.15) is 13.3 Å². The standard InChI is InChI=1S/C7H11F4NO/c1-3-4-12(2)6(13)7(10,11)5(8)9/h5H,3-4H2,1-2H3. The maximum absolute atomic E-state index is 12.4. The number of carbonyl (C=O) groups excluding carboxylic acids is 1. The summed E-state index contributed by atoms with van der Waals surface area (Å²) in [5, 5.41) is 0. The summed E-state index contributed by atoms with van der Waals surface area (Å²) in [4.78, 5) is 11.3. The first-order valence-corrected chi connectivity index (χ1v) is 3.75. The number of alkyl halides is 4. The molecule has 0 unspecified atom stereocenters. The highest BCUT2D eigenvalue weighted by molar-refractivity contribution is 5.83. The molecule has 0 saturated heterocycles. The molecular weight excluding hydrogens is 190 g/mol. The van der Waals surface area contributed by atoms with E-state index in [1.54, 1.807) is 6.92 Å². The summed E-state index contributed by atoms with van der Waals surface area (Å²) in [5.41, 5.74) is 0. The van der Waals surface area contributed by atoms with Crippen molar-refractivity contribution in [3.05, 3.63) is 0 Å². The minimum atomic E-state index is -4.57. The number of amides is 1. The third kappa shape index (κ3) is 2.86. The molecule has 0 spiro atoms. The predicted octanol–water partition coefficient (Wildman–Crippen LogP) is 1.76. The highest BCUT2D eigenvalue weighted by Crippen LogP contribution is 2.24. The highest BCUT2D eigenvalue weighted by atomic mass is 19.3. The van der Waals surface area contributed by atoms with Gasteiger partial charge in [-0.25, -0.2) is 8.78 Å². The van der Waals surface area contributed by atoms with Crippen molar-refractivity contribution in [2.45, 2.75) is 25.7 Å². The molecule has 0 bridgehead atoms. The number of rotatable bonds is 4. The van der Waals surface area contributed by atoms with E-state index in [4.69, 9.17) is 0 Å². The Bertz CT molecular complexity index is 183. The van der Waals surface area contributed by atoms with Crippen LogP contribution in [0.2, 0.25) is 0 Å². The molecule has 0 aliphatic heterocycles. The van der Waals surface area contributed by atoms with Crippen molar-refractivity contribution < 1.29 is 22.4 Å². The lowest BCUT2D eigenvalue weighted by atomic mass is 10.3. The van der Waals surface area contributed by atoms with Gasteiger partial charge in [-0.05, 0) is 6.42 Å². The average molecular weight is 201 g/mol. The minimum absolute atomic E-state index is 0.0428. The second-order valence-electron chi connectivity index (χ2n) is 2.65. The fraction of sp³-hybridized carbons (Fsp3) is 0.857. The van der Waals surface area contributed by atoms with E-state index < -0.39 is 18.3 Å². The van der Waals surface area contributed by atoms with Crippen LogP contribution < -0.4 is 0 Å². The van der Waals surface area contributed by atoms with E-state index in [1.165, 1.54) is 0 Å². The minimum Gasteiger partial charge on any atom is -0.340 e. The Hall–Kier alpha value is -0.810. The Kier molecular flexibility index (Phi) is 4.16. The normalized spacial score (nSPS) is 11.9. The van der Waals surface area contributed by atoms with Crippen LogP contribution in [-0.2, 0) is 4.79 Å². The van der Waals surface area contributed by atoms with Gasteiger partial charge in [0.05, 0.1) is 0 Å². The number of hydrogen-bond donors (Lipinski definition) is 0. The van der Waals surface area contributed by atoms with Crippen LogP contribution >= 0.6 is 0 Å². The van der Waals surface area contributed by atoms with Gasteiger partial charge in [0.25, 0.3) is 5.91 Å². The second kappa shape index (κ2) is 4.43. The van der Waals surface area contributed by atoms with E-state index in [0.29, 0.717) is 11.3 Å². The third-order valence-corrected chi connectivity index (χ3v) is 1.46. The molecule has 0 aromatic heterocycles. The van der Waals surface area contributed by atoms with Crippen molar-refractivity contribution in [1.82, 2.24) is 4.90 Å². The van der Waals surface area contributed by atoms with Gasteiger partial charge in [0, 0.05) is 13.6 Å². The van der Waals surface area contributed by atoms with E-state index in [0.717, 1.165) is 7.05 Å². The first kappa shape index (κ1) is 12.2. The van der Waals surface area contributed by atoms with E-state index >= 15 is 0 Å². The monoisotopic (exact) mass is 201 g/mol. The molecule has 0 saturated carbocycles. The smallest absolute Gasteiger partial charge is 0.340 e.